The van der Waals surface area contributed by atoms with Crippen LogP contribution in [0.4, 0.5) is 0 Å². The molecule has 22 heavy (non-hydrogen) atoms. The summed E-state index contributed by atoms with van der Waals surface area (Å²) >= 11 is 0. The van der Waals surface area contributed by atoms with Gasteiger partial charge in [-0.2, -0.15) is 8.42 Å². The van der Waals surface area contributed by atoms with E-state index < -0.39 is 33.2 Å². The number of carbonyl (C=O) groups excluding carboxylic acids is 2. The summed E-state index contributed by atoms with van der Waals surface area (Å²) in [5.41, 5.74) is 0. The first kappa shape index (κ1) is 24.1. The number of esters is 2. The van der Waals surface area contributed by atoms with Crippen LogP contribution in [0.1, 0.15) is 42.5 Å². The number of rotatable bonds is 8. The molecule has 1 N–H and O–H groups in total. The maximum atomic E-state index is 11.9. The summed E-state index contributed by atoms with van der Waals surface area (Å²) in [6, 6.07) is 0. The average molecular weight is 348 g/mol. The molecule has 1 unspecified atom stereocenters. The molecule has 0 saturated heterocycles. The first-order chi connectivity index (χ1) is 9.40. The van der Waals surface area contributed by atoms with Gasteiger partial charge in [-0.05, 0) is 18.8 Å². The van der Waals surface area contributed by atoms with E-state index in [-0.39, 0.29) is 56.0 Å². The molecule has 0 aromatic heterocycles. The molecule has 0 saturated carbocycles. The number of carbonyl (C=O) groups is 2. The Morgan fingerprint density at radius 3 is 1.86 bits per heavy atom. The largest absolute Gasteiger partial charge is 1.00 e. The minimum absolute atomic E-state index is 0. The molecule has 9 heteroatoms. The van der Waals surface area contributed by atoms with Gasteiger partial charge < -0.3 is 10.9 Å². The van der Waals surface area contributed by atoms with E-state index in [4.69, 9.17) is 9.47 Å². The second-order valence-electron chi connectivity index (χ2n) is 5.95. The SMILES string of the molecule is CC(C)COC(=O)CC(C)(C(=O)OCC(C)C)S(=O)(=O)O.[H-].[Na+]. The van der Waals surface area contributed by atoms with Crippen molar-refractivity contribution < 1.29 is 63.0 Å². The number of ether oxygens (including phenoxy) is 2. The second kappa shape index (κ2) is 9.87. The van der Waals surface area contributed by atoms with Gasteiger partial charge in [-0.1, -0.05) is 27.7 Å². The summed E-state index contributed by atoms with van der Waals surface area (Å²) in [5.74, 6) is -1.99. The van der Waals surface area contributed by atoms with E-state index in [2.05, 4.69) is 0 Å². The van der Waals surface area contributed by atoms with Gasteiger partial charge in [0.1, 0.15) is 0 Å². The van der Waals surface area contributed by atoms with Crippen molar-refractivity contribution in [1.82, 2.24) is 0 Å². The molecule has 0 radical (unpaired) electrons. The Balaban J connectivity index is -0.00000200. The monoisotopic (exact) mass is 348 g/mol. The zero-order valence-electron chi connectivity index (χ0n) is 15.1. The molecule has 0 bridgehead atoms. The van der Waals surface area contributed by atoms with E-state index in [1.54, 1.807) is 13.8 Å². The van der Waals surface area contributed by atoms with E-state index in [1.165, 1.54) is 0 Å². The zero-order chi connectivity index (χ0) is 16.8. The minimum atomic E-state index is -4.82. The van der Waals surface area contributed by atoms with Gasteiger partial charge in [-0.3, -0.25) is 14.1 Å². The van der Waals surface area contributed by atoms with E-state index in [0.29, 0.717) is 0 Å². The van der Waals surface area contributed by atoms with Crippen molar-refractivity contribution in [3.63, 3.8) is 0 Å². The van der Waals surface area contributed by atoms with Gasteiger partial charge in [0.2, 0.25) is 4.75 Å². The van der Waals surface area contributed by atoms with E-state index in [0.717, 1.165) is 6.92 Å². The minimum Gasteiger partial charge on any atom is -1.00 e. The summed E-state index contributed by atoms with van der Waals surface area (Å²) in [5, 5.41) is 0. The van der Waals surface area contributed by atoms with Crippen LogP contribution in [0.15, 0.2) is 0 Å². The average Bonchev–Trinajstić information content (AvgIpc) is 2.31. The molecule has 1 atom stereocenters. The maximum Gasteiger partial charge on any atom is 1.00 e. The van der Waals surface area contributed by atoms with Crippen LogP contribution in [0.5, 0.6) is 0 Å². The van der Waals surface area contributed by atoms with Crippen LogP contribution >= 0.6 is 0 Å². The van der Waals surface area contributed by atoms with Crippen LogP contribution in [-0.4, -0.2) is 42.9 Å². The third-order valence-corrected chi connectivity index (χ3v) is 4.06. The van der Waals surface area contributed by atoms with E-state index in [1.807, 2.05) is 13.8 Å². The molecule has 7 nitrogen and oxygen atoms in total. The standard InChI is InChI=1S/C13H24O7S.Na.H/c1-9(2)7-19-11(14)6-13(5,21(16,17)18)12(15)20-8-10(3)4;;/h9-10H,6-8H2,1-5H3,(H,16,17,18);;/q;+1;-1. The van der Waals surface area contributed by atoms with Gasteiger partial charge in [0.05, 0.1) is 19.6 Å². The molecule has 0 aliphatic rings. The van der Waals surface area contributed by atoms with Crippen LogP contribution in [0, 0.1) is 11.8 Å². The molecular weight excluding hydrogens is 323 g/mol. The predicted octanol–water partition coefficient (Wildman–Crippen LogP) is -1.46. The van der Waals surface area contributed by atoms with E-state index in [9.17, 15) is 22.6 Å². The predicted molar refractivity (Wildman–Crippen MR) is 77.3 cm³/mol. The molecule has 126 valence electrons. The summed E-state index contributed by atoms with van der Waals surface area (Å²) in [6.07, 6.45) is -0.796. The fourth-order valence-electron chi connectivity index (χ4n) is 1.25. The van der Waals surface area contributed by atoms with Gasteiger partial charge in [-0.15, -0.1) is 0 Å². The van der Waals surface area contributed by atoms with Crippen molar-refractivity contribution in [2.75, 3.05) is 13.2 Å². The Bertz CT molecular complexity index is 479. The summed E-state index contributed by atoms with van der Waals surface area (Å²) in [7, 11) is -4.82. The Morgan fingerprint density at radius 2 is 1.50 bits per heavy atom. The van der Waals surface area contributed by atoms with E-state index >= 15 is 0 Å². The van der Waals surface area contributed by atoms with Crippen molar-refractivity contribution in [1.29, 1.82) is 0 Å². The van der Waals surface area contributed by atoms with Crippen LogP contribution < -0.4 is 29.6 Å². The van der Waals surface area contributed by atoms with Gasteiger partial charge in [0.25, 0.3) is 10.1 Å². The third-order valence-electron chi connectivity index (χ3n) is 2.61. The summed E-state index contributed by atoms with van der Waals surface area (Å²) in [6.45, 7) is 8.20. The molecular formula is C13H25NaO7S. The molecule has 0 amide bonds. The van der Waals surface area contributed by atoms with Crippen LogP contribution in [-0.2, 0) is 29.2 Å². The first-order valence-corrected chi connectivity index (χ1v) is 8.14. The molecule has 0 fully saturated rings. The van der Waals surface area contributed by atoms with Crippen molar-refractivity contribution in [3.8, 4) is 0 Å². The zero-order valence-corrected chi connectivity index (χ0v) is 16.9. The molecule has 0 heterocycles. The molecule has 0 aromatic carbocycles. The van der Waals surface area contributed by atoms with Crippen molar-refractivity contribution >= 4 is 22.1 Å². The van der Waals surface area contributed by atoms with Gasteiger partial charge in [-0.25, -0.2) is 0 Å². The van der Waals surface area contributed by atoms with Crippen molar-refractivity contribution in [2.45, 2.75) is 45.8 Å². The third kappa shape index (κ3) is 7.92. The summed E-state index contributed by atoms with van der Waals surface area (Å²) in [4.78, 5) is 23.6. The Morgan fingerprint density at radius 1 is 1.09 bits per heavy atom. The maximum absolute atomic E-state index is 11.9. The van der Waals surface area contributed by atoms with Gasteiger partial charge >= 0.3 is 41.5 Å². The Labute approximate surface area is 155 Å². The van der Waals surface area contributed by atoms with Gasteiger partial charge in [0.15, 0.2) is 0 Å². The normalized spacial score (nSPS) is 14.2. The summed E-state index contributed by atoms with van der Waals surface area (Å²) < 4.78 is 39.5. The van der Waals surface area contributed by atoms with Crippen LogP contribution in [0.3, 0.4) is 0 Å². The van der Waals surface area contributed by atoms with Crippen LogP contribution in [0.2, 0.25) is 0 Å². The molecule has 0 aliphatic heterocycles. The number of hydrogen-bond donors (Lipinski definition) is 1. The molecule has 0 rings (SSSR count). The smallest absolute Gasteiger partial charge is 1.00 e. The topological polar surface area (TPSA) is 107 Å². The quantitative estimate of drug-likeness (QED) is 0.324. The van der Waals surface area contributed by atoms with Crippen LogP contribution in [0.25, 0.3) is 0 Å². The van der Waals surface area contributed by atoms with Crippen molar-refractivity contribution in [2.24, 2.45) is 11.8 Å². The van der Waals surface area contributed by atoms with Gasteiger partial charge in [0, 0.05) is 0 Å². The fraction of sp³-hybridized carbons (Fsp3) is 0.846. The first-order valence-electron chi connectivity index (χ1n) is 6.70. The molecule has 0 spiro atoms. The Hall–Kier alpha value is -0.150. The number of hydrogen-bond acceptors (Lipinski definition) is 6. The second-order valence-corrected chi connectivity index (χ2v) is 7.80. The Kier molecular flexibility index (Phi) is 10.8. The molecule has 0 aliphatic carbocycles. The fourth-order valence-corrected chi connectivity index (χ4v) is 1.82. The van der Waals surface area contributed by atoms with Crippen molar-refractivity contribution in [3.05, 3.63) is 0 Å². The molecule has 0 aromatic rings.